The minimum atomic E-state index is -0.273. The lowest BCUT2D eigenvalue weighted by Gasteiger charge is -2.40. The van der Waals surface area contributed by atoms with Gasteiger partial charge in [-0.05, 0) is 98.6 Å². The molecule has 62 heavy (non-hydrogen) atoms. The van der Waals surface area contributed by atoms with E-state index in [1.807, 2.05) is 11.3 Å². The smallest absolute Gasteiger partial charge is 0.376 e. The Hall–Kier alpha value is -6.24. The van der Waals surface area contributed by atoms with Gasteiger partial charge in [0, 0.05) is 70.1 Å². The van der Waals surface area contributed by atoms with E-state index >= 15 is 0 Å². The van der Waals surface area contributed by atoms with Gasteiger partial charge in [-0.3, -0.25) is 0 Å². The first-order chi connectivity index (χ1) is 29.6. The number of para-hydroxylation sites is 1. The lowest BCUT2D eigenvalue weighted by Crippen LogP contribution is -2.60. The number of hydrogen-bond acceptors (Lipinski definition) is 4. The maximum atomic E-state index is 7.41. The first kappa shape index (κ1) is 36.4. The van der Waals surface area contributed by atoms with Crippen molar-refractivity contribution < 1.29 is 8.83 Å². The van der Waals surface area contributed by atoms with Crippen LogP contribution in [0.1, 0.15) is 79.0 Å². The van der Waals surface area contributed by atoms with Crippen LogP contribution in [0.2, 0.25) is 0 Å². The highest BCUT2D eigenvalue weighted by atomic mass is 32.1. The zero-order valence-corrected chi connectivity index (χ0v) is 37.6. The largest absolute Gasteiger partial charge is 0.466 e. The fourth-order valence-corrected chi connectivity index (χ4v) is 12.1. The Labute approximate surface area is 365 Å². The molecule has 0 atom stereocenters. The molecule has 0 aliphatic carbocycles. The van der Waals surface area contributed by atoms with E-state index in [1.165, 1.54) is 75.3 Å². The molecule has 6 heterocycles. The van der Waals surface area contributed by atoms with Crippen molar-refractivity contribution in [2.45, 2.75) is 78.6 Å². The van der Waals surface area contributed by atoms with Gasteiger partial charge in [-0.1, -0.05) is 123 Å². The van der Waals surface area contributed by atoms with Crippen molar-refractivity contribution in [3.05, 3.63) is 138 Å². The van der Waals surface area contributed by atoms with Crippen LogP contribution in [0, 0.1) is 0 Å². The molecule has 11 aromatic rings. The van der Waals surface area contributed by atoms with Crippen molar-refractivity contribution >= 4 is 116 Å². The molecule has 0 unspecified atom stereocenters. The third-order valence-electron chi connectivity index (χ3n) is 14.0. The van der Waals surface area contributed by atoms with Gasteiger partial charge < -0.3 is 18.2 Å². The van der Waals surface area contributed by atoms with Gasteiger partial charge in [-0.15, -0.1) is 11.3 Å². The van der Waals surface area contributed by atoms with Crippen molar-refractivity contribution in [3.63, 3.8) is 0 Å². The number of furan rings is 2. The molecule has 0 bridgehead atoms. The number of thiophene rings is 1. The van der Waals surface area contributed by atoms with Gasteiger partial charge in [0.15, 0.2) is 0 Å². The summed E-state index contributed by atoms with van der Waals surface area (Å²) in [5, 5.41) is 8.66. The maximum Gasteiger partial charge on any atom is 0.376 e. The monoisotopic (exact) mass is 822 g/mol. The molecular formula is C56H47BN2O2S. The highest BCUT2D eigenvalue weighted by Gasteiger charge is 2.49. The molecule has 302 valence electrons. The van der Waals surface area contributed by atoms with Gasteiger partial charge in [-0.25, -0.2) is 0 Å². The Morgan fingerprint density at radius 1 is 0.532 bits per heavy atom. The third kappa shape index (κ3) is 4.74. The minimum absolute atomic E-state index is 0.0114. The second-order valence-corrected chi connectivity index (χ2v) is 22.0. The molecule has 2 aliphatic heterocycles. The van der Waals surface area contributed by atoms with Gasteiger partial charge in [-0.2, -0.15) is 0 Å². The predicted molar refractivity (Wildman–Crippen MR) is 266 cm³/mol. The number of anilines is 2. The van der Waals surface area contributed by atoms with E-state index in [9.17, 15) is 0 Å². The van der Waals surface area contributed by atoms with Gasteiger partial charge in [0.25, 0.3) is 0 Å². The van der Waals surface area contributed by atoms with Crippen molar-refractivity contribution in [1.82, 2.24) is 4.57 Å². The first-order valence-corrected chi connectivity index (χ1v) is 22.9. The Morgan fingerprint density at radius 2 is 1.18 bits per heavy atom. The van der Waals surface area contributed by atoms with Crippen molar-refractivity contribution in [2.24, 2.45) is 0 Å². The molecule has 0 radical (unpaired) electrons. The lowest BCUT2D eigenvalue weighted by atomic mass is 9.46. The van der Waals surface area contributed by atoms with Crippen molar-refractivity contribution in [2.75, 3.05) is 4.81 Å². The van der Waals surface area contributed by atoms with Gasteiger partial charge >= 0.3 is 6.85 Å². The molecular weight excluding hydrogens is 776 g/mol. The van der Waals surface area contributed by atoms with Crippen LogP contribution >= 0.6 is 11.3 Å². The maximum absolute atomic E-state index is 7.41. The molecule has 7 aromatic carbocycles. The van der Waals surface area contributed by atoms with E-state index in [0.29, 0.717) is 0 Å². The summed E-state index contributed by atoms with van der Waals surface area (Å²) >= 11 is 1.94. The van der Waals surface area contributed by atoms with Crippen LogP contribution in [0.3, 0.4) is 0 Å². The zero-order valence-electron chi connectivity index (χ0n) is 36.7. The van der Waals surface area contributed by atoms with Gasteiger partial charge in [0.05, 0.1) is 16.7 Å². The molecule has 0 fully saturated rings. The van der Waals surface area contributed by atoms with E-state index in [-0.39, 0.29) is 23.1 Å². The van der Waals surface area contributed by atoms with Crippen LogP contribution < -0.4 is 15.9 Å². The second-order valence-electron chi connectivity index (χ2n) is 20.9. The molecule has 6 heteroatoms. The Balaban J connectivity index is 1.29. The van der Waals surface area contributed by atoms with E-state index < -0.39 is 0 Å². The summed E-state index contributed by atoms with van der Waals surface area (Å²) in [6, 6.07) is 45.7. The molecule has 0 spiro atoms. The summed E-state index contributed by atoms with van der Waals surface area (Å²) in [4.78, 5) is 2.57. The highest BCUT2D eigenvalue weighted by Crippen LogP contribution is 2.54. The predicted octanol–water partition coefficient (Wildman–Crippen LogP) is 14.9. The molecule has 0 amide bonds. The summed E-state index contributed by atoms with van der Waals surface area (Å²) in [6.07, 6.45) is 0. The van der Waals surface area contributed by atoms with E-state index in [4.69, 9.17) is 8.83 Å². The quantitative estimate of drug-likeness (QED) is 0.155. The average Bonchev–Trinajstić information content (AvgIpc) is 4.00. The average molecular weight is 823 g/mol. The molecule has 13 rings (SSSR count). The van der Waals surface area contributed by atoms with Crippen molar-refractivity contribution in [1.29, 1.82) is 0 Å². The third-order valence-corrected chi connectivity index (χ3v) is 15.2. The first-order valence-electron chi connectivity index (χ1n) is 22.0. The van der Waals surface area contributed by atoms with Gasteiger partial charge in [0.2, 0.25) is 0 Å². The Kier molecular flexibility index (Phi) is 6.94. The number of nitrogens with zero attached hydrogens (tertiary/aromatic N) is 2. The summed E-state index contributed by atoms with van der Waals surface area (Å²) in [5.41, 5.74) is 17.2. The highest BCUT2D eigenvalue weighted by molar-refractivity contribution is 7.27. The molecule has 0 saturated carbocycles. The topological polar surface area (TPSA) is 34.5 Å². The standard InChI is InChI=1S/C56H47BN2O2S/c1-54(2,3)30-18-22-33(23-19-30)59-41-29-44-36(34-14-10-12-16-42(34)60-44)28-38(41)46-47-35-15-11-13-17-45(35)62-52(47)48-37-26-31(55(4,5)6)20-24-40(37)58-50-39-27-32(56(7,8)9)21-25-43(39)61-53(50)57(59)49(46)51(48)58/h10-29H,1-9H3. The minimum Gasteiger partial charge on any atom is -0.466 e. The summed E-state index contributed by atoms with van der Waals surface area (Å²) in [6.45, 7) is 20.5. The summed E-state index contributed by atoms with van der Waals surface area (Å²) in [5.74, 6) is 0. The number of aromatic nitrogens is 1. The fourth-order valence-electron chi connectivity index (χ4n) is 10.8. The van der Waals surface area contributed by atoms with Gasteiger partial charge in [0.1, 0.15) is 22.4 Å². The van der Waals surface area contributed by atoms with Crippen molar-refractivity contribution in [3.8, 4) is 16.8 Å². The van der Waals surface area contributed by atoms with Crippen LogP contribution in [0.25, 0.3) is 91.7 Å². The van der Waals surface area contributed by atoms with E-state index in [0.717, 1.165) is 55.6 Å². The number of fused-ring (bicyclic) bond motifs is 18. The zero-order chi connectivity index (χ0) is 42.4. The van der Waals surface area contributed by atoms with Crippen LogP contribution in [-0.4, -0.2) is 11.4 Å². The molecule has 0 saturated heterocycles. The number of rotatable bonds is 1. The van der Waals surface area contributed by atoms with E-state index in [2.05, 4.69) is 193 Å². The fraction of sp³-hybridized carbons (Fsp3) is 0.214. The van der Waals surface area contributed by atoms with Crippen LogP contribution in [0.4, 0.5) is 11.4 Å². The SMILES string of the molecule is CC(C)(C)c1ccc(N2B3c4oc5ccc(C(C)(C)C)cc5c4-n4c5ccc(C(C)(C)C)cc5c5c6sc7ccccc7c6c(c3c54)-c3cc4c(cc32)oc2ccccc24)cc1. The lowest BCUT2D eigenvalue weighted by molar-refractivity contribution is 0.590. The Bertz CT molecular complexity index is 3760. The van der Waals surface area contributed by atoms with Crippen LogP contribution in [-0.2, 0) is 16.2 Å². The number of hydrogen-bond donors (Lipinski definition) is 0. The van der Waals surface area contributed by atoms with E-state index in [1.54, 1.807) is 0 Å². The molecule has 2 aliphatic rings. The molecule has 4 nitrogen and oxygen atoms in total. The number of benzene rings is 7. The Morgan fingerprint density at radius 3 is 1.92 bits per heavy atom. The van der Waals surface area contributed by atoms with Crippen LogP contribution in [0.5, 0.6) is 0 Å². The normalized spacial score (nSPS) is 14.1. The second kappa shape index (κ2) is 11.8. The summed E-state index contributed by atoms with van der Waals surface area (Å²) in [7, 11) is 0. The molecule has 0 N–H and O–H groups in total. The van der Waals surface area contributed by atoms with Crippen LogP contribution in [0.15, 0.2) is 130 Å². The molecule has 4 aromatic heterocycles. The summed E-state index contributed by atoms with van der Waals surface area (Å²) < 4.78 is 19.4.